The van der Waals surface area contributed by atoms with Gasteiger partial charge in [-0.05, 0) is 24.3 Å². The van der Waals surface area contributed by atoms with E-state index in [4.69, 9.17) is 0 Å². The Kier molecular flexibility index (Phi) is 3.47. The van der Waals surface area contributed by atoms with E-state index in [0.717, 1.165) is 11.1 Å². The maximum absolute atomic E-state index is 12.3. The van der Waals surface area contributed by atoms with Crippen molar-refractivity contribution in [3.63, 3.8) is 0 Å². The molecule has 17 heavy (non-hydrogen) atoms. The van der Waals surface area contributed by atoms with E-state index in [1.54, 1.807) is 4.90 Å². The fourth-order valence-corrected chi connectivity index (χ4v) is 2.92. The first kappa shape index (κ1) is 12.1. The van der Waals surface area contributed by atoms with Crippen LogP contribution in [0.25, 0.3) is 0 Å². The van der Waals surface area contributed by atoms with Gasteiger partial charge in [0.1, 0.15) is 6.04 Å². The molecule has 1 aliphatic rings. The third-order valence-corrected chi connectivity index (χ3v) is 3.93. The van der Waals surface area contributed by atoms with Crippen LogP contribution in [-0.2, 0) is 4.79 Å². The summed E-state index contributed by atoms with van der Waals surface area (Å²) >= 11 is 1.52. The van der Waals surface area contributed by atoms with Crippen molar-refractivity contribution in [3.8, 4) is 0 Å². The number of nitrogens with zero attached hydrogens (tertiary/aromatic N) is 1. The van der Waals surface area contributed by atoms with Crippen LogP contribution in [-0.4, -0.2) is 35.8 Å². The molecular formula is C12H16N2O2S. The Balaban J connectivity index is 2.24. The third-order valence-electron chi connectivity index (χ3n) is 3.06. The smallest absolute Gasteiger partial charge is 0.255 e. The van der Waals surface area contributed by atoms with Gasteiger partial charge in [0, 0.05) is 18.5 Å². The summed E-state index contributed by atoms with van der Waals surface area (Å²) < 4.78 is 0. The Morgan fingerprint density at radius 2 is 2.35 bits per heavy atom. The van der Waals surface area contributed by atoms with Gasteiger partial charge in [0.2, 0.25) is 5.91 Å². The molecule has 1 aliphatic heterocycles. The van der Waals surface area contributed by atoms with Crippen LogP contribution < -0.4 is 5.32 Å². The van der Waals surface area contributed by atoms with Crippen LogP contribution in [0.2, 0.25) is 0 Å². The van der Waals surface area contributed by atoms with Gasteiger partial charge >= 0.3 is 0 Å². The molecule has 1 N–H and O–H groups in total. The van der Waals surface area contributed by atoms with E-state index in [0.29, 0.717) is 19.5 Å². The van der Waals surface area contributed by atoms with Gasteiger partial charge in [-0.25, -0.2) is 0 Å². The lowest BCUT2D eigenvalue weighted by atomic mass is 10.1. The molecule has 2 heterocycles. The van der Waals surface area contributed by atoms with Crippen LogP contribution >= 0.6 is 11.3 Å². The van der Waals surface area contributed by atoms with Crippen molar-refractivity contribution in [3.05, 3.63) is 21.9 Å². The maximum atomic E-state index is 12.3. The van der Waals surface area contributed by atoms with E-state index < -0.39 is 0 Å². The zero-order valence-corrected chi connectivity index (χ0v) is 10.8. The number of rotatable bonds is 2. The highest BCUT2D eigenvalue weighted by Gasteiger charge is 2.32. The number of aryl methyl sites for hydroxylation is 1. The zero-order chi connectivity index (χ0) is 12.4. The quantitative estimate of drug-likeness (QED) is 0.865. The molecule has 1 unspecified atom stereocenters. The summed E-state index contributed by atoms with van der Waals surface area (Å²) in [7, 11) is 0. The SMILES string of the molecule is CCC1C(=O)NCCN1C(=O)c1cscc1C. The van der Waals surface area contributed by atoms with Gasteiger partial charge in [-0.15, -0.1) is 0 Å². The van der Waals surface area contributed by atoms with Gasteiger partial charge in [0.15, 0.2) is 0 Å². The van der Waals surface area contributed by atoms with Crippen molar-refractivity contribution in [2.75, 3.05) is 13.1 Å². The summed E-state index contributed by atoms with van der Waals surface area (Å²) in [5, 5.41) is 6.61. The molecule has 4 nitrogen and oxygen atoms in total. The minimum Gasteiger partial charge on any atom is -0.353 e. The Hall–Kier alpha value is -1.36. The Labute approximate surface area is 105 Å². The fourth-order valence-electron chi connectivity index (χ4n) is 2.10. The third kappa shape index (κ3) is 2.20. The van der Waals surface area contributed by atoms with E-state index in [-0.39, 0.29) is 17.9 Å². The largest absolute Gasteiger partial charge is 0.353 e. The number of nitrogens with one attached hydrogen (secondary N) is 1. The summed E-state index contributed by atoms with van der Waals surface area (Å²) in [5.41, 5.74) is 1.71. The second-order valence-corrected chi connectivity index (χ2v) is 4.93. The number of carbonyl (C=O) groups excluding carboxylic acids is 2. The lowest BCUT2D eigenvalue weighted by Gasteiger charge is -2.34. The molecule has 1 atom stereocenters. The first-order chi connectivity index (χ1) is 8.15. The predicted octanol–water partition coefficient (Wildman–Crippen LogP) is 1.41. The monoisotopic (exact) mass is 252 g/mol. The highest BCUT2D eigenvalue weighted by atomic mass is 32.1. The molecule has 2 amide bonds. The van der Waals surface area contributed by atoms with Gasteiger partial charge in [-0.3, -0.25) is 9.59 Å². The minimum atomic E-state index is -0.324. The Bertz CT molecular complexity index is 441. The van der Waals surface area contributed by atoms with Gasteiger partial charge in [-0.2, -0.15) is 11.3 Å². The van der Waals surface area contributed by atoms with Crippen molar-refractivity contribution in [1.29, 1.82) is 0 Å². The van der Waals surface area contributed by atoms with Crippen LogP contribution in [0.15, 0.2) is 10.8 Å². The van der Waals surface area contributed by atoms with Crippen molar-refractivity contribution in [2.45, 2.75) is 26.3 Å². The minimum absolute atomic E-state index is 0.0227. The molecule has 0 bridgehead atoms. The topological polar surface area (TPSA) is 49.4 Å². The molecule has 92 valence electrons. The fraction of sp³-hybridized carbons (Fsp3) is 0.500. The van der Waals surface area contributed by atoms with Gasteiger partial charge in [-0.1, -0.05) is 6.92 Å². The normalized spacial score (nSPS) is 20.2. The zero-order valence-electron chi connectivity index (χ0n) is 10.0. The molecular weight excluding hydrogens is 236 g/mol. The Morgan fingerprint density at radius 3 is 2.94 bits per heavy atom. The second-order valence-electron chi connectivity index (χ2n) is 4.18. The van der Waals surface area contributed by atoms with Crippen LogP contribution in [0.4, 0.5) is 0 Å². The van der Waals surface area contributed by atoms with Crippen LogP contribution in [0.5, 0.6) is 0 Å². The number of hydrogen-bond acceptors (Lipinski definition) is 3. The summed E-state index contributed by atoms with van der Waals surface area (Å²) in [6.07, 6.45) is 0.654. The maximum Gasteiger partial charge on any atom is 0.255 e. The second kappa shape index (κ2) is 4.87. The molecule has 1 aromatic rings. The van der Waals surface area contributed by atoms with Crippen molar-refractivity contribution in [1.82, 2.24) is 10.2 Å². The molecule has 1 fully saturated rings. The summed E-state index contributed by atoms with van der Waals surface area (Å²) in [5.74, 6) is -0.0644. The van der Waals surface area contributed by atoms with Crippen LogP contribution in [0, 0.1) is 6.92 Å². The van der Waals surface area contributed by atoms with Crippen LogP contribution in [0.1, 0.15) is 29.3 Å². The summed E-state index contributed by atoms with van der Waals surface area (Å²) in [6, 6.07) is -0.324. The molecule has 1 aromatic heterocycles. The number of hydrogen-bond donors (Lipinski definition) is 1. The number of piperazine rings is 1. The summed E-state index contributed by atoms with van der Waals surface area (Å²) in [4.78, 5) is 25.7. The van der Waals surface area contributed by atoms with Crippen molar-refractivity contribution in [2.24, 2.45) is 0 Å². The van der Waals surface area contributed by atoms with Crippen molar-refractivity contribution < 1.29 is 9.59 Å². The Morgan fingerprint density at radius 1 is 1.59 bits per heavy atom. The van der Waals surface area contributed by atoms with Crippen LogP contribution in [0.3, 0.4) is 0 Å². The van der Waals surface area contributed by atoms with Crippen molar-refractivity contribution >= 4 is 23.2 Å². The summed E-state index contributed by atoms with van der Waals surface area (Å²) in [6.45, 7) is 4.99. The highest BCUT2D eigenvalue weighted by molar-refractivity contribution is 7.08. The first-order valence-corrected chi connectivity index (χ1v) is 6.71. The molecule has 0 aliphatic carbocycles. The van der Waals surface area contributed by atoms with Gasteiger partial charge in [0.25, 0.3) is 5.91 Å². The van der Waals surface area contributed by atoms with Gasteiger partial charge < -0.3 is 10.2 Å². The average molecular weight is 252 g/mol. The molecule has 0 spiro atoms. The molecule has 0 radical (unpaired) electrons. The molecule has 5 heteroatoms. The molecule has 0 aromatic carbocycles. The van der Waals surface area contributed by atoms with Gasteiger partial charge in [0.05, 0.1) is 5.56 Å². The molecule has 2 rings (SSSR count). The van der Waals surface area contributed by atoms with E-state index in [2.05, 4.69) is 5.32 Å². The molecule has 0 saturated carbocycles. The predicted molar refractivity (Wildman–Crippen MR) is 67.2 cm³/mol. The lowest BCUT2D eigenvalue weighted by molar-refractivity contribution is -0.127. The van der Waals surface area contributed by atoms with E-state index in [9.17, 15) is 9.59 Å². The van der Waals surface area contributed by atoms with E-state index in [1.165, 1.54) is 11.3 Å². The first-order valence-electron chi connectivity index (χ1n) is 5.76. The highest BCUT2D eigenvalue weighted by Crippen LogP contribution is 2.19. The average Bonchev–Trinajstić information content (AvgIpc) is 2.74. The number of amides is 2. The standard InChI is InChI=1S/C12H16N2O2S/c1-3-10-11(15)13-4-5-14(10)12(16)9-7-17-6-8(9)2/h6-7,10H,3-5H2,1-2H3,(H,13,15). The number of carbonyl (C=O) groups is 2. The molecule has 1 saturated heterocycles. The number of thiophene rings is 1. The van der Waals surface area contributed by atoms with E-state index in [1.807, 2.05) is 24.6 Å². The lowest BCUT2D eigenvalue weighted by Crippen LogP contribution is -2.56. The van der Waals surface area contributed by atoms with E-state index >= 15 is 0 Å².